The molecule has 29 heavy (non-hydrogen) atoms. The van der Waals surface area contributed by atoms with Crippen LogP contribution in [0.1, 0.15) is 19.4 Å². The number of urea groups is 1. The summed E-state index contributed by atoms with van der Waals surface area (Å²) in [4.78, 5) is 29.7. The molecule has 0 radical (unpaired) electrons. The summed E-state index contributed by atoms with van der Waals surface area (Å²) in [5.41, 5.74) is 1.99. The summed E-state index contributed by atoms with van der Waals surface area (Å²) >= 11 is 0. The molecule has 3 rings (SSSR count). The summed E-state index contributed by atoms with van der Waals surface area (Å²) in [6, 6.07) is 18.7. The van der Waals surface area contributed by atoms with E-state index in [0.717, 1.165) is 19.6 Å². The van der Waals surface area contributed by atoms with E-state index in [4.69, 9.17) is 0 Å². The first-order valence-corrected chi connectivity index (χ1v) is 10.2. The van der Waals surface area contributed by atoms with Crippen LogP contribution in [0.2, 0.25) is 0 Å². The Morgan fingerprint density at radius 3 is 2.07 bits per heavy atom. The highest BCUT2D eigenvalue weighted by molar-refractivity contribution is 5.93. The van der Waals surface area contributed by atoms with E-state index in [0.29, 0.717) is 18.8 Å². The Hall–Kier alpha value is -2.86. The van der Waals surface area contributed by atoms with Crippen molar-refractivity contribution in [1.82, 2.24) is 15.1 Å². The van der Waals surface area contributed by atoms with Crippen molar-refractivity contribution in [1.29, 1.82) is 0 Å². The molecule has 1 aliphatic heterocycles. The molecule has 1 atom stereocenters. The highest BCUT2D eigenvalue weighted by Gasteiger charge is 2.30. The maximum Gasteiger partial charge on any atom is 0.319 e. The van der Waals surface area contributed by atoms with Crippen LogP contribution in [0.5, 0.6) is 0 Å². The molecular formula is C23H30N4O2. The van der Waals surface area contributed by atoms with Gasteiger partial charge in [-0.2, -0.15) is 0 Å². The number of benzene rings is 2. The topological polar surface area (TPSA) is 64.7 Å². The quantitative estimate of drug-likeness (QED) is 0.791. The zero-order chi connectivity index (χ0) is 20.6. The molecule has 1 saturated heterocycles. The van der Waals surface area contributed by atoms with Gasteiger partial charge in [0, 0.05) is 38.4 Å². The molecule has 154 valence electrons. The van der Waals surface area contributed by atoms with Gasteiger partial charge in [0.05, 0.1) is 0 Å². The minimum Gasteiger partial charge on any atom is -0.338 e. The van der Waals surface area contributed by atoms with Crippen molar-refractivity contribution >= 4 is 17.6 Å². The first-order valence-electron chi connectivity index (χ1n) is 10.2. The molecule has 1 unspecified atom stereocenters. The third-order valence-corrected chi connectivity index (χ3v) is 5.18. The van der Waals surface area contributed by atoms with Crippen LogP contribution in [0.4, 0.5) is 10.5 Å². The summed E-state index contributed by atoms with van der Waals surface area (Å²) < 4.78 is 0. The molecular weight excluding hydrogens is 364 g/mol. The van der Waals surface area contributed by atoms with E-state index in [1.165, 1.54) is 5.56 Å². The summed E-state index contributed by atoms with van der Waals surface area (Å²) in [6.07, 6.45) is 0. The van der Waals surface area contributed by atoms with Gasteiger partial charge in [-0.25, -0.2) is 4.79 Å². The Labute approximate surface area is 172 Å². The molecule has 0 aromatic heterocycles. The van der Waals surface area contributed by atoms with E-state index < -0.39 is 6.04 Å². The van der Waals surface area contributed by atoms with Crippen LogP contribution < -0.4 is 10.6 Å². The number of carbonyl (C=O) groups excluding carboxylic acids is 2. The van der Waals surface area contributed by atoms with Crippen molar-refractivity contribution in [2.24, 2.45) is 5.92 Å². The molecule has 1 heterocycles. The van der Waals surface area contributed by atoms with Crippen molar-refractivity contribution in [2.75, 3.05) is 31.5 Å². The predicted molar refractivity (Wildman–Crippen MR) is 116 cm³/mol. The van der Waals surface area contributed by atoms with Gasteiger partial charge in [-0.1, -0.05) is 62.4 Å². The predicted octanol–water partition coefficient (Wildman–Crippen LogP) is 3.18. The molecule has 3 amide bonds. The zero-order valence-electron chi connectivity index (χ0n) is 17.2. The number of carbonyl (C=O) groups is 2. The van der Waals surface area contributed by atoms with Crippen LogP contribution >= 0.6 is 0 Å². The van der Waals surface area contributed by atoms with Gasteiger partial charge >= 0.3 is 6.03 Å². The maximum atomic E-state index is 13.1. The fourth-order valence-corrected chi connectivity index (χ4v) is 3.51. The van der Waals surface area contributed by atoms with Crippen LogP contribution in [0.3, 0.4) is 0 Å². The lowest BCUT2D eigenvalue weighted by Crippen LogP contribution is -2.56. The van der Waals surface area contributed by atoms with Crippen LogP contribution in [0.15, 0.2) is 60.7 Å². The number of anilines is 1. The van der Waals surface area contributed by atoms with Crippen LogP contribution in [-0.4, -0.2) is 54.0 Å². The van der Waals surface area contributed by atoms with Crippen LogP contribution in [0.25, 0.3) is 0 Å². The first kappa shape index (κ1) is 20.9. The van der Waals surface area contributed by atoms with Crippen molar-refractivity contribution in [2.45, 2.75) is 26.4 Å². The summed E-state index contributed by atoms with van der Waals surface area (Å²) in [6.45, 7) is 7.83. The molecule has 2 aromatic rings. The zero-order valence-corrected chi connectivity index (χ0v) is 17.2. The van der Waals surface area contributed by atoms with E-state index in [1.54, 1.807) is 0 Å². The molecule has 1 aliphatic rings. The third kappa shape index (κ3) is 6.06. The molecule has 2 aromatic carbocycles. The average molecular weight is 395 g/mol. The Kier molecular flexibility index (Phi) is 7.25. The fraction of sp³-hybridized carbons (Fsp3) is 0.391. The minimum atomic E-state index is -0.542. The highest BCUT2D eigenvalue weighted by Crippen LogP contribution is 2.13. The summed E-state index contributed by atoms with van der Waals surface area (Å²) in [5.74, 6) is -0.00561. The number of piperazine rings is 1. The Morgan fingerprint density at radius 1 is 0.897 bits per heavy atom. The number of hydrogen-bond acceptors (Lipinski definition) is 3. The third-order valence-electron chi connectivity index (χ3n) is 5.18. The van der Waals surface area contributed by atoms with Gasteiger partial charge in [0.2, 0.25) is 5.91 Å². The standard InChI is InChI=1S/C23H30N4O2/c1-18(2)21(25-23(29)24-20-11-7-4-8-12-20)22(28)27-15-13-26(14-16-27)17-19-9-5-3-6-10-19/h3-12,18,21H,13-17H2,1-2H3,(H2,24,25,29). The number of rotatable bonds is 6. The van der Waals surface area contributed by atoms with Crippen molar-refractivity contribution < 1.29 is 9.59 Å². The summed E-state index contributed by atoms with van der Waals surface area (Å²) in [5, 5.41) is 5.65. The van der Waals surface area contributed by atoms with E-state index in [1.807, 2.05) is 55.1 Å². The average Bonchev–Trinajstić information content (AvgIpc) is 2.73. The number of para-hydroxylation sites is 1. The Bertz CT molecular complexity index is 787. The SMILES string of the molecule is CC(C)C(NC(=O)Nc1ccccc1)C(=O)N1CCN(Cc2ccccc2)CC1. The van der Waals surface area contributed by atoms with E-state index >= 15 is 0 Å². The molecule has 6 nitrogen and oxygen atoms in total. The highest BCUT2D eigenvalue weighted by atomic mass is 16.2. The monoisotopic (exact) mass is 394 g/mol. The number of hydrogen-bond donors (Lipinski definition) is 2. The van der Waals surface area contributed by atoms with Gasteiger partial charge in [0.25, 0.3) is 0 Å². The smallest absolute Gasteiger partial charge is 0.319 e. The van der Waals surface area contributed by atoms with Crippen LogP contribution in [-0.2, 0) is 11.3 Å². The van der Waals surface area contributed by atoms with Gasteiger partial charge < -0.3 is 15.5 Å². The Balaban J connectivity index is 1.52. The van der Waals surface area contributed by atoms with E-state index in [-0.39, 0.29) is 17.9 Å². The maximum absolute atomic E-state index is 13.1. The van der Waals surface area contributed by atoms with Crippen molar-refractivity contribution in [3.8, 4) is 0 Å². The largest absolute Gasteiger partial charge is 0.338 e. The van der Waals surface area contributed by atoms with E-state index in [9.17, 15) is 9.59 Å². The molecule has 2 N–H and O–H groups in total. The first-order chi connectivity index (χ1) is 14.0. The summed E-state index contributed by atoms with van der Waals surface area (Å²) in [7, 11) is 0. The molecule has 0 bridgehead atoms. The lowest BCUT2D eigenvalue weighted by molar-refractivity contribution is -0.136. The molecule has 0 saturated carbocycles. The lowest BCUT2D eigenvalue weighted by atomic mass is 10.0. The Morgan fingerprint density at radius 2 is 1.48 bits per heavy atom. The van der Waals surface area contributed by atoms with Gasteiger partial charge in [-0.15, -0.1) is 0 Å². The van der Waals surface area contributed by atoms with Crippen molar-refractivity contribution in [3.05, 3.63) is 66.2 Å². The number of nitrogens with one attached hydrogen (secondary N) is 2. The lowest BCUT2D eigenvalue weighted by Gasteiger charge is -2.37. The fourth-order valence-electron chi connectivity index (χ4n) is 3.51. The minimum absolute atomic E-state index is 0.00590. The van der Waals surface area contributed by atoms with Gasteiger partial charge in [0.1, 0.15) is 6.04 Å². The molecule has 0 aliphatic carbocycles. The van der Waals surface area contributed by atoms with Crippen molar-refractivity contribution in [3.63, 3.8) is 0 Å². The number of amides is 3. The normalized spacial score (nSPS) is 15.8. The van der Waals surface area contributed by atoms with Crippen LogP contribution in [0, 0.1) is 5.92 Å². The molecule has 1 fully saturated rings. The molecule has 6 heteroatoms. The molecule has 0 spiro atoms. The number of nitrogens with zero attached hydrogens (tertiary/aromatic N) is 2. The second-order valence-electron chi connectivity index (χ2n) is 7.77. The van der Waals surface area contributed by atoms with Gasteiger partial charge in [0.15, 0.2) is 0 Å². The van der Waals surface area contributed by atoms with Gasteiger partial charge in [-0.3, -0.25) is 9.69 Å². The van der Waals surface area contributed by atoms with Gasteiger partial charge in [-0.05, 0) is 23.6 Å². The second kappa shape index (κ2) is 10.1. The van der Waals surface area contributed by atoms with E-state index in [2.05, 4.69) is 39.8 Å². The second-order valence-corrected chi connectivity index (χ2v) is 7.77.